The Bertz CT molecular complexity index is 950. The fourth-order valence-corrected chi connectivity index (χ4v) is 4.61. The van der Waals surface area contributed by atoms with Crippen molar-refractivity contribution in [3.8, 4) is 0 Å². The number of hydrogen-bond donors (Lipinski definition) is 1. The van der Waals surface area contributed by atoms with Crippen molar-refractivity contribution in [1.29, 1.82) is 0 Å². The van der Waals surface area contributed by atoms with Gasteiger partial charge in [0.25, 0.3) is 0 Å². The minimum atomic E-state index is -3.51. The van der Waals surface area contributed by atoms with E-state index in [-0.39, 0.29) is 10.8 Å². The number of amides is 1. The summed E-state index contributed by atoms with van der Waals surface area (Å²) in [5.74, 6) is -0.247. The van der Waals surface area contributed by atoms with Crippen LogP contribution in [0.15, 0.2) is 64.4 Å². The van der Waals surface area contributed by atoms with E-state index in [0.717, 1.165) is 16.1 Å². The van der Waals surface area contributed by atoms with Gasteiger partial charge in [0.2, 0.25) is 15.9 Å². The lowest BCUT2D eigenvalue weighted by Crippen LogP contribution is -2.40. The predicted molar refractivity (Wildman–Crippen MR) is 112 cm³/mol. The highest BCUT2D eigenvalue weighted by Gasteiger charge is 2.25. The van der Waals surface area contributed by atoms with Gasteiger partial charge in [0, 0.05) is 29.7 Å². The molecule has 1 aliphatic heterocycles. The second kappa shape index (κ2) is 9.38. The summed E-state index contributed by atoms with van der Waals surface area (Å²) >= 11 is 1.60. The van der Waals surface area contributed by atoms with Gasteiger partial charge in [0.05, 0.1) is 18.1 Å². The van der Waals surface area contributed by atoms with E-state index < -0.39 is 10.0 Å². The van der Waals surface area contributed by atoms with Crippen molar-refractivity contribution >= 4 is 39.5 Å². The zero-order valence-electron chi connectivity index (χ0n) is 15.5. The quantitative estimate of drug-likeness (QED) is 0.576. The summed E-state index contributed by atoms with van der Waals surface area (Å²) in [4.78, 5) is 13.4. The van der Waals surface area contributed by atoms with Crippen molar-refractivity contribution in [2.75, 3.05) is 37.9 Å². The molecule has 148 valence electrons. The minimum absolute atomic E-state index is 0.241. The van der Waals surface area contributed by atoms with E-state index >= 15 is 0 Å². The summed E-state index contributed by atoms with van der Waals surface area (Å²) < 4.78 is 31.8. The molecule has 1 heterocycles. The lowest BCUT2D eigenvalue weighted by atomic mass is 10.2. The molecule has 0 aliphatic carbocycles. The van der Waals surface area contributed by atoms with Crippen LogP contribution in [0, 0.1) is 0 Å². The summed E-state index contributed by atoms with van der Waals surface area (Å²) in [5.41, 5.74) is 1.47. The summed E-state index contributed by atoms with van der Waals surface area (Å²) in [6.07, 6.45) is 5.06. The molecule has 0 atom stereocenters. The second-order valence-electron chi connectivity index (χ2n) is 6.14. The van der Waals surface area contributed by atoms with Crippen LogP contribution in [0.1, 0.15) is 5.56 Å². The number of ether oxygens (including phenoxy) is 1. The first-order valence-corrected chi connectivity index (χ1v) is 11.5. The number of nitrogens with zero attached hydrogens (tertiary/aromatic N) is 1. The fraction of sp³-hybridized carbons (Fsp3) is 0.250. The van der Waals surface area contributed by atoms with Gasteiger partial charge in [0.1, 0.15) is 0 Å². The number of anilines is 1. The van der Waals surface area contributed by atoms with Crippen molar-refractivity contribution in [1.82, 2.24) is 4.31 Å². The number of morpholine rings is 1. The van der Waals surface area contributed by atoms with E-state index in [1.165, 1.54) is 10.4 Å². The molecule has 1 N–H and O–H groups in total. The molecule has 1 aliphatic rings. The Balaban J connectivity index is 1.63. The Labute approximate surface area is 169 Å². The van der Waals surface area contributed by atoms with Crippen molar-refractivity contribution in [3.05, 3.63) is 60.2 Å². The molecule has 6 nitrogen and oxygen atoms in total. The average molecular weight is 419 g/mol. The van der Waals surface area contributed by atoms with Crippen LogP contribution in [0.3, 0.4) is 0 Å². The fourth-order valence-electron chi connectivity index (χ4n) is 2.74. The van der Waals surface area contributed by atoms with Crippen LogP contribution in [0.4, 0.5) is 5.69 Å². The first-order chi connectivity index (χ1) is 13.5. The molecular weight excluding hydrogens is 396 g/mol. The third kappa shape index (κ3) is 5.23. The maximum atomic E-state index is 12.6. The number of hydrogen-bond acceptors (Lipinski definition) is 5. The van der Waals surface area contributed by atoms with Gasteiger partial charge in [-0.05, 0) is 48.2 Å². The lowest BCUT2D eigenvalue weighted by molar-refractivity contribution is -0.111. The Morgan fingerprint density at radius 1 is 1.14 bits per heavy atom. The monoisotopic (exact) mass is 418 g/mol. The maximum absolute atomic E-state index is 12.6. The molecule has 0 radical (unpaired) electrons. The number of thioether (sulfide) groups is 1. The van der Waals surface area contributed by atoms with Gasteiger partial charge < -0.3 is 10.1 Å². The zero-order valence-corrected chi connectivity index (χ0v) is 17.1. The summed E-state index contributed by atoms with van der Waals surface area (Å²) in [6.45, 7) is 1.55. The van der Waals surface area contributed by atoms with Crippen LogP contribution < -0.4 is 5.32 Å². The molecule has 3 rings (SSSR count). The molecule has 1 fully saturated rings. The second-order valence-corrected chi connectivity index (χ2v) is 8.96. The van der Waals surface area contributed by atoms with Crippen LogP contribution in [-0.4, -0.2) is 51.2 Å². The van der Waals surface area contributed by atoms with Gasteiger partial charge in [-0.2, -0.15) is 4.31 Å². The van der Waals surface area contributed by atoms with Crippen molar-refractivity contribution in [2.45, 2.75) is 9.79 Å². The van der Waals surface area contributed by atoms with Gasteiger partial charge in [0.15, 0.2) is 0 Å². The lowest BCUT2D eigenvalue weighted by Gasteiger charge is -2.26. The molecule has 28 heavy (non-hydrogen) atoms. The predicted octanol–water partition coefficient (Wildman–Crippen LogP) is 3.08. The number of carbonyl (C=O) groups is 1. The Morgan fingerprint density at radius 3 is 2.54 bits per heavy atom. The topological polar surface area (TPSA) is 75.7 Å². The first-order valence-electron chi connectivity index (χ1n) is 8.80. The number of nitrogens with one attached hydrogen (secondary N) is 1. The first kappa shape index (κ1) is 20.6. The molecule has 2 aromatic carbocycles. The number of benzene rings is 2. The highest BCUT2D eigenvalue weighted by atomic mass is 32.2. The largest absolute Gasteiger partial charge is 0.379 e. The van der Waals surface area contributed by atoms with E-state index in [9.17, 15) is 13.2 Å². The van der Waals surface area contributed by atoms with Crippen LogP contribution in [0.5, 0.6) is 0 Å². The molecule has 8 heteroatoms. The van der Waals surface area contributed by atoms with Gasteiger partial charge in [-0.1, -0.05) is 18.2 Å². The maximum Gasteiger partial charge on any atom is 0.248 e. The molecule has 0 saturated carbocycles. The SMILES string of the molecule is CSc1cccc(NC(=O)/C=C/c2ccc(S(=O)(=O)N3CCOCC3)cc2)c1. The molecule has 1 amide bonds. The third-order valence-corrected chi connectivity index (χ3v) is 6.89. The highest BCUT2D eigenvalue weighted by Crippen LogP contribution is 2.20. The number of sulfonamides is 1. The minimum Gasteiger partial charge on any atom is -0.379 e. The molecule has 0 aromatic heterocycles. The highest BCUT2D eigenvalue weighted by molar-refractivity contribution is 7.98. The van der Waals surface area contributed by atoms with Crippen molar-refractivity contribution in [2.24, 2.45) is 0 Å². The Hall–Kier alpha value is -2.13. The normalized spacial score (nSPS) is 15.6. The molecule has 1 saturated heterocycles. The summed E-state index contributed by atoms with van der Waals surface area (Å²) in [6, 6.07) is 14.1. The van der Waals surface area contributed by atoms with E-state index in [1.54, 1.807) is 42.1 Å². The van der Waals surface area contributed by atoms with Gasteiger partial charge in [-0.3, -0.25) is 4.79 Å². The van der Waals surface area contributed by atoms with Gasteiger partial charge >= 0.3 is 0 Å². The smallest absolute Gasteiger partial charge is 0.248 e. The van der Waals surface area contributed by atoms with Gasteiger partial charge in [-0.25, -0.2) is 8.42 Å². The van der Waals surface area contributed by atoms with Crippen LogP contribution in [-0.2, 0) is 19.6 Å². The summed E-state index contributed by atoms with van der Waals surface area (Å²) in [5, 5.41) is 2.81. The standard InChI is InChI=1S/C20H22N2O4S2/c1-27-18-4-2-3-17(15-18)21-20(23)10-7-16-5-8-19(9-6-16)28(24,25)22-11-13-26-14-12-22/h2-10,15H,11-14H2,1H3,(H,21,23)/b10-7+. The average Bonchev–Trinajstić information content (AvgIpc) is 2.73. The van der Waals surface area contributed by atoms with Crippen LogP contribution >= 0.6 is 11.8 Å². The van der Waals surface area contributed by atoms with E-state index in [0.29, 0.717) is 26.3 Å². The molecular formula is C20H22N2O4S2. The van der Waals surface area contributed by atoms with Crippen molar-refractivity contribution in [3.63, 3.8) is 0 Å². The van der Waals surface area contributed by atoms with Crippen molar-refractivity contribution < 1.29 is 17.9 Å². The summed E-state index contributed by atoms with van der Waals surface area (Å²) in [7, 11) is -3.51. The Morgan fingerprint density at radius 2 is 1.86 bits per heavy atom. The van der Waals surface area contributed by atoms with Crippen LogP contribution in [0.2, 0.25) is 0 Å². The van der Waals surface area contributed by atoms with Gasteiger partial charge in [-0.15, -0.1) is 11.8 Å². The Kier molecular flexibility index (Phi) is 6.90. The zero-order chi connectivity index (χ0) is 20.0. The van der Waals surface area contributed by atoms with E-state index in [1.807, 2.05) is 30.5 Å². The molecule has 0 bridgehead atoms. The molecule has 0 spiro atoms. The van der Waals surface area contributed by atoms with Crippen LogP contribution in [0.25, 0.3) is 6.08 Å². The van der Waals surface area contributed by atoms with E-state index in [2.05, 4.69) is 5.32 Å². The number of rotatable bonds is 6. The molecule has 2 aromatic rings. The molecule has 0 unspecified atom stereocenters. The number of carbonyl (C=O) groups excluding carboxylic acids is 1. The van der Waals surface area contributed by atoms with E-state index in [4.69, 9.17) is 4.74 Å². The third-order valence-electron chi connectivity index (χ3n) is 4.25.